The summed E-state index contributed by atoms with van der Waals surface area (Å²) in [7, 11) is -3.69. The number of hydrogen-bond donors (Lipinski definition) is 1. The maximum absolute atomic E-state index is 12.8. The van der Waals surface area contributed by atoms with Crippen molar-refractivity contribution in [1.82, 2.24) is 9.62 Å². The third-order valence-corrected chi connectivity index (χ3v) is 6.30. The summed E-state index contributed by atoms with van der Waals surface area (Å²) in [6.07, 6.45) is 5.93. The van der Waals surface area contributed by atoms with Crippen molar-refractivity contribution in [3.8, 4) is 0 Å². The first-order chi connectivity index (χ1) is 12.4. The monoisotopic (exact) mass is 396 g/mol. The number of likely N-dealkylation sites (tertiary alicyclic amines) is 1. The molecule has 0 spiro atoms. The van der Waals surface area contributed by atoms with Gasteiger partial charge in [0.25, 0.3) is 0 Å². The van der Waals surface area contributed by atoms with E-state index in [9.17, 15) is 13.2 Å². The fourth-order valence-corrected chi connectivity index (χ4v) is 4.39. The Hall–Kier alpha value is -1.31. The number of carbonyl (C=O) groups excluding carboxylic acids is 1. The van der Waals surface area contributed by atoms with Gasteiger partial charge in [-0.1, -0.05) is 37.3 Å². The van der Waals surface area contributed by atoms with Crippen LogP contribution in [0.2, 0.25) is 0 Å². The fourth-order valence-electron chi connectivity index (χ4n) is 2.89. The molecule has 144 valence electrons. The van der Waals surface area contributed by atoms with Gasteiger partial charge in [-0.3, -0.25) is 4.79 Å². The van der Waals surface area contributed by atoms with Crippen LogP contribution < -0.4 is 4.72 Å². The lowest BCUT2D eigenvalue weighted by atomic mass is 9.98. The van der Waals surface area contributed by atoms with Gasteiger partial charge in [0.05, 0.1) is 0 Å². The van der Waals surface area contributed by atoms with Gasteiger partial charge in [-0.05, 0) is 48.8 Å². The molecule has 26 heavy (non-hydrogen) atoms. The molecule has 0 saturated carbocycles. The summed E-state index contributed by atoms with van der Waals surface area (Å²) >= 11 is 1.61. The molecule has 5 nitrogen and oxygen atoms in total. The zero-order valence-electron chi connectivity index (χ0n) is 15.4. The SMILES string of the molecule is CSCC[C@@H](NS(=O)(=O)/C=C/c1ccccc1)C(=O)N1CCC(C)CC1. The van der Waals surface area contributed by atoms with E-state index in [0.29, 0.717) is 25.4 Å². The molecule has 0 radical (unpaired) electrons. The van der Waals surface area contributed by atoms with Crippen LogP contribution in [0, 0.1) is 5.92 Å². The molecule has 0 aromatic heterocycles. The molecule has 7 heteroatoms. The average Bonchev–Trinajstić information content (AvgIpc) is 2.64. The number of carbonyl (C=O) groups is 1. The molecule has 1 heterocycles. The van der Waals surface area contributed by atoms with Crippen molar-refractivity contribution in [2.75, 3.05) is 25.1 Å². The highest BCUT2D eigenvalue weighted by molar-refractivity contribution is 7.98. The number of sulfonamides is 1. The van der Waals surface area contributed by atoms with E-state index in [0.717, 1.165) is 29.6 Å². The van der Waals surface area contributed by atoms with Gasteiger partial charge in [-0.15, -0.1) is 0 Å². The van der Waals surface area contributed by atoms with Crippen LogP contribution >= 0.6 is 11.8 Å². The summed E-state index contributed by atoms with van der Waals surface area (Å²) in [6.45, 7) is 3.60. The predicted octanol–water partition coefficient (Wildman–Crippen LogP) is 2.96. The minimum Gasteiger partial charge on any atom is -0.341 e. The molecule has 1 aromatic carbocycles. The van der Waals surface area contributed by atoms with E-state index in [2.05, 4.69) is 11.6 Å². The zero-order valence-corrected chi connectivity index (χ0v) is 17.1. The third kappa shape index (κ3) is 6.78. The molecule has 1 amide bonds. The Balaban J connectivity index is 2.05. The highest BCUT2D eigenvalue weighted by Crippen LogP contribution is 2.18. The van der Waals surface area contributed by atoms with Gasteiger partial charge in [0, 0.05) is 18.5 Å². The predicted molar refractivity (Wildman–Crippen MR) is 109 cm³/mol. The van der Waals surface area contributed by atoms with E-state index in [1.807, 2.05) is 36.6 Å². The van der Waals surface area contributed by atoms with Gasteiger partial charge in [0.15, 0.2) is 0 Å². The Morgan fingerprint density at radius 3 is 2.58 bits per heavy atom. The summed E-state index contributed by atoms with van der Waals surface area (Å²) in [5.41, 5.74) is 0.801. The van der Waals surface area contributed by atoms with E-state index in [1.165, 1.54) is 0 Å². The van der Waals surface area contributed by atoms with E-state index in [1.54, 1.807) is 22.7 Å². The van der Waals surface area contributed by atoms with Crippen LogP contribution in [-0.2, 0) is 14.8 Å². The quantitative estimate of drug-likeness (QED) is 0.734. The van der Waals surface area contributed by atoms with Crippen molar-refractivity contribution >= 4 is 33.8 Å². The van der Waals surface area contributed by atoms with Crippen LogP contribution in [-0.4, -0.2) is 50.4 Å². The maximum atomic E-state index is 12.8. The molecule has 2 rings (SSSR count). The summed E-state index contributed by atoms with van der Waals surface area (Å²) in [4.78, 5) is 14.6. The zero-order chi connectivity index (χ0) is 19.0. The first-order valence-corrected chi connectivity index (χ1v) is 11.9. The van der Waals surface area contributed by atoms with Gasteiger partial charge in [-0.2, -0.15) is 16.5 Å². The van der Waals surface area contributed by atoms with E-state index in [-0.39, 0.29) is 5.91 Å². The van der Waals surface area contributed by atoms with Gasteiger partial charge in [0.1, 0.15) is 6.04 Å². The summed E-state index contributed by atoms with van der Waals surface area (Å²) < 4.78 is 27.5. The van der Waals surface area contributed by atoms with E-state index >= 15 is 0 Å². The minimum absolute atomic E-state index is 0.109. The van der Waals surface area contributed by atoms with Crippen LogP contribution in [0.5, 0.6) is 0 Å². The molecule has 0 unspecified atom stereocenters. The first kappa shape index (κ1) is 21.0. The van der Waals surface area contributed by atoms with Crippen LogP contribution in [0.3, 0.4) is 0 Å². The Morgan fingerprint density at radius 2 is 1.96 bits per heavy atom. The van der Waals surface area contributed by atoms with Crippen molar-refractivity contribution in [3.63, 3.8) is 0 Å². The Bertz CT molecular complexity index is 697. The van der Waals surface area contributed by atoms with E-state index < -0.39 is 16.1 Å². The van der Waals surface area contributed by atoms with Gasteiger partial charge in [-0.25, -0.2) is 8.42 Å². The maximum Gasteiger partial charge on any atom is 0.240 e. The number of benzene rings is 1. The number of rotatable bonds is 8. The molecule has 0 bridgehead atoms. The van der Waals surface area contributed by atoms with Crippen molar-refractivity contribution in [1.29, 1.82) is 0 Å². The molecule has 1 aromatic rings. The van der Waals surface area contributed by atoms with Gasteiger partial charge >= 0.3 is 0 Å². The Kier molecular flexibility index (Phi) is 8.18. The lowest BCUT2D eigenvalue weighted by molar-refractivity contribution is -0.134. The number of amides is 1. The number of nitrogens with zero attached hydrogens (tertiary/aromatic N) is 1. The van der Waals surface area contributed by atoms with Crippen LogP contribution in [0.15, 0.2) is 35.7 Å². The van der Waals surface area contributed by atoms with Crippen molar-refractivity contribution in [2.45, 2.75) is 32.2 Å². The van der Waals surface area contributed by atoms with Gasteiger partial charge in [0.2, 0.25) is 15.9 Å². The Morgan fingerprint density at radius 1 is 1.31 bits per heavy atom. The molecule has 1 saturated heterocycles. The van der Waals surface area contributed by atoms with Gasteiger partial charge < -0.3 is 4.90 Å². The van der Waals surface area contributed by atoms with Crippen LogP contribution in [0.25, 0.3) is 6.08 Å². The van der Waals surface area contributed by atoms with Crippen molar-refractivity contribution in [2.24, 2.45) is 5.92 Å². The number of hydrogen-bond acceptors (Lipinski definition) is 4. The van der Waals surface area contributed by atoms with Crippen molar-refractivity contribution in [3.05, 3.63) is 41.3 Å². The number of piperidine rings is 1. The second kappa shape index (κ2) is 10.1. The van der Waals surface area contributed by atoms with E-state index in [4.69, 9.17) is 0 Å². The van der Waals surface area contributed by atoms with Crippen molar-refractivity contribution < 1.29 is 13.2 Å². The smallest absolute Gasteiger partial charge is 0.240 e. The summed E-state index contributed by atoms with van der Waals surface area (Å²) in [5, 5.41) is 1.14. The van der Waals surface area contributed by atoms with Crippen LogP contribution in [0.4, 0.5) is 0 Å². The molecule has 1 N–H and O–H groups in total. The number of nitrogens with one attached hydrogen (secondary N) is 1. The molecular weight excluding hydrogens is 368 g/mol. The molecular formula is C19H28N2O3S2. The molecule has 1 aliphatic rings. The topological polar surface area (TPSA) is 66.5 Å². The second-order valence-corrected chi connectivity index (χ2v) is 9.30. The standard InChI is InChI=1S/C19H28N2O3S2/c1-16-8-12-21(13-9-16)19(22)18(10-14-25-2)20-26(23,24)15-11-17-6-4-3-5-7-17/h3-7,11,15-16,18,20H,8-10,12-14H2,1-2H3/b15-11+/t18-/m1/s1. The van der Waals surface area contributed by atoms with Crippen LogP contribution in [0.1, 0.15) is 31.7 Å². The highest BCUT2D eigenvalue weighted by atomic mass is 32.2. The largest absolute Gasteiger partial charge is 0.341 e. The normalized spacial score (nSPS) is 17.5. The second-order valence-electron chi connectivity index (χ2n) is 6.72. The lowest BCUT2D eigenvalue weighted by Crippen LogP contribution is -2.50. The third-order valence-electron chi connectivity index (χ3n) is 4.55. The fraction of sp³-hybridized carbons (Fsp3) is 0.526. The summed E-state index contributed by atoms with van der Waals surface area (Å²) in [5.74, 6) is 1.24. The molecule has 1 atom stereocenters. The average molecular weight is 397 g/mol. The number of thioether (sulfide) groups is 1. The molecule has 0 aliphatic carbocycles. The molecule has 1 aliphatic heterocycles. The Labute approximate surface area is 161 Å². The minimum atomic E-state index is -3.69. The first-order valence-electron chi connectivity index (χ1n) is 8.94. The molecule has 1 fully saturated rings. The summed E-state index contributed by atoms with van der Waals surface area (Å²) in [6, 6.07) is 8.53. The lowest BCUT2D eigenvalue weighted by Gasteiger charge is -2.33. The highest BCUT2D eigenvalue weighted by Gasteiger charge is 2.29.